The van der Waals surface area contributed by atoms with Gasteiger partial charge in [0.05, 0.1) is 18.9 Å². The number of ketones is 1. The first-order valence-electron chi connectivity index (χ1n) is 24.2. The number of carbonyl (C=O) groups excluding carboxylic acids is 8. The summed E-state index contributed by atoms with van der Waals surface area (Å²) in [5.41, 5.74) is 7.95. The lowest BCUT2D eigenvalue weighted by Crippen LogP contribution is -2.60. The highest BCUT2D eigenvalue weighted by Gasteiger charge is 2.35. The van der Waals surface area contributed by atoms with Gasteiger partial charge in [-0.3, -0.25) is 52.7 Å². The number of aryl methyl sites for hydroxylation is 1. The molecule has 0 aromatic heterocycles. The van der Waals surface area contributed by atoms with Crippen molar-refractivity contribution < 1.29 is 72.8 Å². The van der Waals surface area contributed by atoms with E-state index in [0.717, 1.165) is 5.56 Å². The molecule has 74 heavy (non-hydrogen) atoms. The first-order chi connectivity index (χ1) is 35.1. The molecule has 0 heterocycles. The number of nitrogens with two attached hydrogens (primary N) is 1. The Hall–Kier alpha value is -8.17. The lowest BCUT2D eigenvalue weighted by molar-refractivity contribution is -0.142. The number of carboxylic acids is 3. The molecule has 3 aromatic rings. The standard InChI is InChI=1S/C52H67N7O15/c1-5-6-16-36(46(67)47(53)68)55-49(70)38(25-30(2)3)57-50(71)39(26-32-17-19-35(20-18-32)74-29-33-13-8-7-9-14-33)58-51(72)40(27-34-15-11-10-12-31(34)4)59-48(69)37(21-23-43(61)62)56-52(73)41(28-45(65)66)54-42(60)22-24-44(63)64/h7-15,17-20,30,36-41H,5-6,16,21-29H2,1-4H3,(H2,53,68)(H,54,60)(H,55,70)(H,56,73)(H,57,71)(H,58,72)(H,59,69)(H,61,62)(H,63,64)(H,65,66)/t36-,37-,38-,39-,40-,41-/m0/s1. The van der Waals surface area contributed by atoms with Crippen LogP contribution in [0.25, 0.3) is 0 Å². The van der Waals surface area contributed by atoms with Crippen molar-refractivity contribution in [2.24, 2.45) is 11.7 Å². The minimum absolute atomic E-state index is 0.0473. The summed E-state index contributed by atoms with van der Waals surface area (Å²) in [6.07, 6.45) is -2.75. The van der Waals surface area contributed by atoms with Crippen molar-refractivity contribution in [3.05, 3.63) is 101 Å². The van der Waals surface area contributed by atoms with Crippen LogP contribution in [0.5, 0.6) is 5.75 Å². The average molecular weight is 1030 g/mol. The van der Waals surface area contributed by atoms with Gasteiger partial charge in [0.15, 0.2) is 0 Å². The minimum atomic E-state index is -1.84. The van der Waals surface area contributed by atoms with Gasteiger partial charge in [0.25, 0.3) is 5.91 Å². The molecule has 0 bridgehead atoms. The fourth-order valence-corrected chi connectivity index (χ4v) is 7.50. The highest BCUT2D eigenvalue weighted by atomic mass is 16.5. The number of aliphatic carboxylic acids is 3. The van der Waals surface area contributed by atoms with Crippen LogP contribution >= 0.6 is 0 Å². The molecule has 0 saturated carbocycles. The Bertz CT molecular complexity index is 2450. The summed E-state index contributed by atoms with van der Waals surface area (Å²) in [6.45, 7) is 7.41. The number of carbonyl (C=O) groups is 11. The maximum absolute atomic E-state index is 14.7. The zero-order chi connectivity index (χ0) is 54.9. The Kier molecular flexibility index (Phi) is 24.9. The van der Waals surface area contributed by atoms with Crippen LogP contribution in [0.3, 0.4) is 0 Å². The van der Waals surface area contributed by atoms with Gasteiger partial charge in [-0.25, -0.2) is 0 Å². The summed E-state index contributed by atoms with van der Waals surface area (Å²) in [5, 5.41) is 43.0. The molecule has 3 rings (SSSR count). The second kappa shape index (κ2) is 30.7. The minimum Gasteiger partial charge on any atom is -0.489 e. The normalized spacial score (nSPS) is 13.3. The van der Waals surface area contributed by atoms with E-state index < -0.39 is 133 Å². The Labute approximate surface area is 428 Å². The van der Waals surface area contributed by atoms with E-state index in [-0.39, 0.29) is 38.2 Å². The monoisotopic (exact) mass is 1030 g/mol. The van der Waals surface area contributed by atoms with Crippen LogP contribution in [-0.2, 0) is 72.2 Å². The van der Waals surface area contributed by atoms with E-state index in [9.17, 15) is 63.0 Å². The third-order valence-electron chi connectivity index (χ3n) is 11.5. The third kappa shape index (κ3) is 21.7. The van der Waals surface area contributed by atoms with E-state index in [4.69, 9.17) is 15.6 Å². The van der Waals surface area contributed by atoms with Gasteiger partial charge in [0, 0.05) is 25.7 Å². The number of amides is 7. The molecule has 0 fully saturated rings. The molecule has 400 valence electrons. The lowest BCUT2D eigenvalue weighted by Gasteiger charge is -2.28. The fraction of sp³-hybridized carbons (Fsp3) is 0.442. The molecule has 22 nitrogen and oxygen atoms in total. The fourth-order valence-electron chi connectivity index (χ4n) is 7.50. The number of Topliss-reactive ketones (excluding diaryl/α,β-unsaturated/α-hetero) is 1. The van der Waals surface area contributed by atoms with E-state index in [1.54, 1.807) is 69.3 Å². The molecule has 0 aliphatic carbocycles. The smallest absolute Gasteiger partial charge is 0.305 e. The van der Waals surface area contributed by atoms with Crippen molar-refractivity contribution in [3.8, 4) is 5.75 Å². The van der Waals surface area contributed by atoms with Gasteiger partial charge in [-0.15, -0.1) is 0 Å². The number of carboxylic acid groups (broad SMARTS) is 3. The van der Waals surface area contributed by atoms with Crippen molar-refractivity contribution in [2.75, 3.05) is 0 Å². The van der Waals surface area contributed by atoms with Crippen LogP contribution in [0.4, 0.5) is 0 Å². The van der Waals surface area contributed by atoms with Crippen LogP contribution in [0, 0.1) is 12.8 Å². The summed E-state index contributed by atoms with van der Waals surface area (Å²) in [7, 11) is 0. The van der Waals surface area contributed by atoms with Crippen LogP contribution < -0.4 is 42.4 Å². The van der Waals surface area contributed by atoms with E-state index in [1.165, 1.54) is 0 Å². The molecule has 7 amide bonds. The molecule has 0 aliphatic rings. The average Bonchev–Trinajstić information content (AvgIpc) is 3.34. The van der Waals surface area contributed by atoms with Gasteiger partial charge in [-0.1, -0.05) is 100 Å². The molecule has 3 aromatic carbocycles. The third-order valence-corrected chi connectivity index (χ3v) is 11.5. The zero-order valence-electron chi connectivity index (χ0n) is 41.9. The van der Waals surface area contributed by atoms with E-state index in [0.29, 0.717) is 35.3 Å². The molecule has 0 aliphatic heterocycles. The van der Waals surface area contributed by atoms with Gasteiger partial charge in [-0.2, -0.15) is 0 Å². The predicted octanol–water partition coefficient (Wildman–Crippen LogP) is 1.76. The van der Waals surface area contributed by atoms with Gasteiger partial charge >= 0.3 is 17.9 Å². The first-order valence-corrected chi connectivity index (χ1v) is 24.2. The molecule has 0 spiro atoms. The number of rotatable bonds is 33. The van der Waals surface area contributed by atoms with Crippen molar-refractivity contribution >= 4 is 65.0 Å². The van der Waals surface area contributed by atoms with Crippen molar-refractivity contribution in [1.29, 1.82) is 0 Å². The molecule has 0 unspecified atom stereocenters. The lowest BCUT2D eigenvalue weighted by atomic mass is 9.98. The van der Waals surface area contributed by atoms with Gasteiger partial charge < -0.3 is 57.7 Å². The maximum Gasteiger partial charge on any atom is 0.305 e. The largest absolute Gasteiger partial charge is 0.489 e. The van der Waals surface area contributed by atoms with Gasteiger partial charge in [0.1, 0.15) is 42.6 Å². The Morgan fingerprint density at radius 2 is 1.07 bits per heavy atom. The predicted molar refractivity (Wildman–Crippen MR) is 267 cm³/mol. The molecule has 0 saturated heterocycles. The number of ether oxygens (including phenoxy) is 1. The van der Waals surface area contributed by atoms with Crippen molar-refractivity contribution in [1.82, 2.24) is 31.9 Å². The summed E-state index contributed by atoms with van der Waals surface area (Å²) < 4.78 is 5.93. The summed E-state index contributed by atoms with van der Waals surface area (Å²) in [5.74, 6) is -12.2. The molecule has 0 radical (unpaired) electrons. The number of hydrogen-bond acceptors (Lipinski definition) is 12. The van der Waals surface area contributed by atoms with Crippen LogP contribution in [0.1, 0.15) is 101 Å². The Balaban J connectivity index is 2.05. The van der Waals surface area contributed by atoms with Crippen molar-refractivity contribution in [3.63, 3.8) is 0 Å². The van der Waals surface area contributed by atoms with Crippen LogP contribution in [0.15, 0.2) is 78.9 Å². The molecule has 11 N–H and O–H groups in total. The zero-order valence-corrected chi connectivity index (χ0v) is 41.9. The molecular weight excluding hydrogens is 963 g/mol. The SMILES string of the molecule is CCCC[C@H](NC(=O)[C@H](CC(C)C)NC(=O)[C@H](Cc1ccc(OCc2ccccc2)cc1)NC(=O)[C@H](Cc1ccccc1C)NC(=O)[C@H](CCC(=O)O)NC(=O)[C@H](CC(=O)O)NC(=O)CCC(=O)O)C(=O)C(N)=O. The second-order valence-corrected chi connectivity index (χ2v) is 18.1. The number of hydrogen-bond donors (Lipinski definition) is 10. The van der Waals surface area contributed by atoms with Crippen LogP contribution in [0.2, 0.25) is 0 Å². The van der Waals surface area contributed by atoms with E-state index >= 15 is 0 Å². The Morgan fingerprint density at radius 3 is 1.64 bits per heavy atom. The number of nitrogens with one attached hydrogen (secondary N) is 6. The highest BCUT2D eigenvalue weighted by molar-refractivity contribution is 6.37. The van der Waals surface area contributed by atoms with E-state index in [1.807, 2.05) is 37.3 Å². The molecule has 22 heteroatoms. The first kappa shape index (κ1) is 60.1. The van der Waals surface area contributed by atoms with Crippen LogP contribution in [-0.4, -0.2) is 117 Å². The summed E-state index contributed by atoms with van der Waals surface area (Å²) >= 11 is 0. The van der Waals surface area contributed by atoms with Crippen molar-refractivity contribution in [2.45, 2.75) is 141 Å². The topological polar surface area (TPSA) is 356 Å². The second-order valence-electron chi connectivity index (χ2n) is 18.1. The highest BCUT2D eigenvalue weighted by Crippen LogP contribution is 2.18. The van der Waals surface area contributed by atoms with Gasteiger partial charge in [0.2, 0.25) is 41.2 Å². The number of unbranched alkanes of at least 4 members (excludes halogenated alkanes) is 1. The maximum atomic E-state index is 14.7. The quantitative estimate of drug-likeness (QED) is 0.0389. The molecular formula is C52H67N7O15. The summed E-state index contributed by atoms with van der Waals surface area (Å²) in [4.78, 5) is 143. The van der Waals surface area contributed by atoms with E-state index in [2.05, 4.69) is 31.9 Å². The molecule has 6 atom stereocenters. The van der Waals surface area contributed by atoms with Gasteiger partial charge in [-0.05, 0) is 66.5 Å². The number of benzene rings is 3. The summed E-state index contributed by atoms with van der Waals surface area (Å²) in [6, 6.07) is 13.6. The Morgan fingerprint density at radius 1 is 0.541 bits per heavy atom. The number of primary amides is 1.